The highest BCUT2D eigenvalue weighted by molar-refractivity contribution is 6.21. The molecule has 0 saturated heterocycles. The Bertz CT molecular complexity index is 878. The molecule has 1 aliphatic heterocycles. The molecule has 6 nitrogen and oxygen atoms in total. The van der Waals surface area contributed by atoms with Crippen LogP contribution in [0.5, 0.6) is 5.75 Å². The minimum absolute atomic E-state index is 0.186. The van der Waals surface area contributed by atoms with Crippen molar-refractivity contribution in [3.63, 3.8) is 0 Å². The van der Waals surface area contributed by atoms with E-state index in [1.165, 1.54) is 38.1 Å². The minimum Gasteiger partial charge on any atom is -0.489 e. The lowest BCUT2D eigenvalue weighted by molar-refractivity contribution is -0.150. The SMILES string of the molecule is CC(=O)OC(C)N1C(=O)c2ccc(OCc3ccc(F)cc3)cc2C1=O. The molecule has 1 aliphatic rings. The number of imide groups is 1. The zero-order valence-corrected chi connectivity index (χ0v) is 14.2. The van der Waals surface area contributed by atoms with Crippen molar-refractivity contribution < 1.29 is 28.2 Å². The number of benzene rings is 2. The van der Waals surface area contributed by atoms with Crippen LogP contribution in [0.1, 0.15) is 40.1 Å². The van der Waals surface area contributed by atoms with Crippen LogP contribution < -0.4 is 4.74 Å². The van der Waals surface area contributed by atoms with Crippen LogP contribution in [0.25, 0.3) is 0 Å². The molecule has 0 bridgehead atoms. The first-order valence-electron chi connectivity index (χ1n) is 7.93. The maximum Gasteiger partial charge on any atom is 0.304 e. The minimum atomic E-state index is -0.997. The fraction of sp³-hybridized carbons (Fsp3) is 0.211. The number of fused-ring (bicyclic) bond motifs is 1. The van der Waals surface area contributed by atoms with Gasteiger partial charge in [0, 0.05) is 6.92 Å². The van der Waals surface area contributed by atoms with Gasteiger partial charge in [-0.3, -0.25) is 14.4 Å². The Kier molecular flexibility index (Phi) is 4.71. The van der Waals surface area contributed by atoms with E-state index in [-0.39, 0.29) is 23.6 Å². The van der Waals surface area contributed by atoms with Crippen molar-refractivity contribution >= 4 is 17.8 Å². The van der Waals surface area contributed by atoms with Crippen molar-refractivity contribution in [2.45, 2.75) is 26.7 Å². The lowest BCUT2D eigenvalue weighted by Crippen LogP contribution is -2.40. The lowest BCUT2D eigenvalue weighted by Gasteiger charge is -2.21. The summed E-state index contributed by atoms with van der Waals surface area (Å²) in [7, 11) is 0. The molecule has 0 fully saturated rings. The van der Waals surface area contributed by atoms with Gasteiger partial charge in [0.1, 0.15) is 18.2 Å². The number of amides is 2. The standard InChI is InChI=1S/C19H16FNO5/c1-11(26-12(2)22)21-18(23)16-8-7-15(9-17(16)19(21)24)25-10-13-3-5-14(20)6-4-13/h3-9,11H,10H2,1-2H3. The van der Waals surface area contributed by atoms with Gasteiger partial charge < -0.3 is 9.47 Å². The van der Waals surface area contributed by atoms with E-state index in [9.17, 15) is 18.8 Å². The molecule has 1 unspecified atom stereocenters. The molecule has 0 aliphatic carbocycles. The second kappa shape index (κ2) is 6.95. The maximum absolute atomic E-state index is 12.9. The number of hydrogen-bond acceptors (Lipinski definition) is 5. The summed E-state index contributed by atoms with van der Waals surface area (Å²) >= 11 is 0. The Balaban J connectivity index is 1.76. The highest BCUT2D eigenvalue weighted by atomic mass is 19.1. The van der Waals surface area contributed by atoms with Crippen LogP contribution in [0.15, 0.2) is 42.5 Å². The number of esters is 1. The molecule has 0 spiro atoms. The Hall–Kier alpha value is -3.22. The van der Waals surface area contributed by atoms with Crippen molar-refractivity contribution in [1.29, 1.82) is 0 Å². The van der Waals surface area contributed by atoms with Gasteiger partial charge >= 0.3 is 5.97 Å². The number of carbonyl (C=O) groups is 3. The van der Waals surface area contributed by atoms with Gasteiger partial charge in [0.05, 0.1) is 11.1 Å². The molecule has 1 atom stereocenters. The average Bonchev–Trinajstić information content (AvgIpc) is 2.84. The van der Waals surface area contributed by atoms with E-state index in [0.29, 0.717) is 5.75 Å². The van der Waals surface area contributed by atoms with Crippen molar-refractivity contribution in [3.8, 4) is 5.75 Å². The van der Waals surface area contributed by atoms with Gasteiger partial charge in [0.25, 0.3) is 11.8 Å². The second-order valence-corrected chi connectivity index (χ2v) is 5.81. The summed E-state index contributed by atoms with van der Waals surface area (Å²) in [6.07, 6.45) is -0.997. The molecule has 2 aromatic rings. The normalized spacial score (nSPS) is 14.2. The van der Waals surface area contributed by atoms with E-state index in [4.69, 9.17) is 9.47 Å². The number of halogens is 1. The highest BCUT2D eigenvalue weighted by Crippen LogP contribution is 2.29. The molecule has 0 radical (unpaired) electrons. The second-order valence-electron chi connectivity index (χ2n) is 5.81. The first-order valence-corrected chi connectivity index (χ1v) is 7.93. The first-order chi connectivity index (χ1) is 12.4. The summed E-state index contributed by atoms with van der Waals surface area (Å²) in [4.78, 5) is 36.9. The molecule has 134 valence electrons. The van der Waals surface area contributed by atoms with E-state index < -0.39 is 24.0 Å². The summed E-state index contributed by atoms with van der Waals surface area (Å²) in [5.74, 6) is -1.60. The molecule has 2 aromatic carbocycles. The Morgan fingerprint density at radius 1 is 1.08 bits per heavy atom. The highest BCUT2D eigenvalue weighted by Gasteiger charge is 2.40. The lowest BCUT2D eigenvalue weighted by atomic mass is 10.1. The number of ether oxygens (including phenoxy) is 2. The third-order valence-electron chi connectivity index (χ3n) is 3.91. The van der Waals surface area contributed by atoms with E-state index >= 15 is 0 Å². The summed E-state index contributed by atoms with van der Waals surface area (Å²) in [5, 5.41) is 0. The van der Waals surface area contributed by atoms with Crippen LogP contribution in [-0.2, 0) is 16.1 Å². The van der Waals surface area contributed by atoms with E-state index in [0.717, 1.165) is 10.5 Å². The summed E-state index contributed by atoms with van der Waals surface area (Å²) in [5.41, 5.74) is 1.17. The predicted molar refractivity (Wildman–Crippen MR) is 88.9 cm³/mol. The number of nitrogens with zero attached hydrogens (tertiary/aromatic N) is 1. The topological polar surface area (TPSA) is 72.9 Å². The zero-order chi connectivity index (χ0) is 18.8. The van der Waals surface area contributed by atoms with Gasteiger partial charge in [0.2, 0.25) is 0 Å². The van der Waals surface area contributed by atoms with Gasteiger partial charge in [-0.15, -0.1) is 0 Å². The van der Waals surface area contributed by atoms with Crippen LogP contribution in [-0.4, -0.2) is 28.9 Å². The van der Waals surface area contributed by atoms with E-state index in [1.807, 2.05) is 0 Å². The summed E-state index contributed by atoms with van der Waals surface area (Å²) in [6, 6.07) is 10.4. The third kappa shape index (κ3) is 3.42. The molecule has 0 aromatic heterocycles. The largest absolute Gasteiger partial charge is 0.489 e. The van der Waals surface area contributed by atoms with Gasteiger partial charge in [-0.05, 0) is 42.8 Å². The van der Waals surface area contributed by atoms with Crippen LogP contribution in [0, 0.1) is 5.82 Å². The molecular formula is C19H16FNO5. The quantitative estimate of drug-likeness (QED) is 0.608. The molecule has 0 N–H and O–H groups in total. The Labute approximate surface area is 149 Å². The third-order valence-corrected chi connectivity index (χ3v) is 3.91. The monoisotopic (exact) mass is 357 g/mol. The fourth-order valence-corrected chi connectivity index (χ4v) is 2.70. The first kappa shape index (κ1) is 17.6. The molecule has 7 heteroatoms. The van der Waals surface area contributed by atoms with E-state index in [2.05, 4.69) is 0 Å². The summed E-state index contributed by atoms with van der Waals surface area (Å²) in [6.45, 7) is 2.85. The van der Waals surface area contributed by atoms with Gasteiger partial charge in [-0.2, -0.15) is 0 Å². The van der Waals surface area contributed by atoms with E-state index in [1.54, 1.807) is 18.2 Å². The molecule has 3 rings (SSSR count). The van der Waals surface area contributed by atoms with Crippen molar-refractivity contribution in [2.75, 3.05) is 0 Å². The maximum atomic E-state index is 12.9. The molecule has 0 saturated carbocycles. The zero-order valence-electron chi connectivity index (χ0n) is 14.2. The van der Waals surface area contributed by atoms with Crippen LogP contribution in [0.3, 0.4) is 0 Å². The number of hydrogen-bond donors (Lipinski definition) is 0. The van der Waals surface area contributed by atoms with Crippen molar-refractivity contribution in [3.05, 3.63) is 65.0 Å². The Morgan fingerprint density at radius 2 is 1.73 bits per heavy atom. The Morgan fingerprint density at radius 3 is 2.38 bits per heavy atom. The molecule has 26 heavy (non-hydrogen) atoms. The van der Waals surface area contributed by atoms with Crippen molar-refractivity contribution in [2.24, 2.45) is 0 Å². The van der Waals surface area contributed by atoms with Crippen LogP contribution in [0.2, 0.25) is 0 Å². The smallest absolute Gasteiger partial charge is 0.304 e. The van der Waals surface area contributed by atoms with Gasteiger partial charge in [0.15, 0.2) is 6.23 Å². The number of carbonyl (C=O) groups excluding carboxylic acids is 3. The van der Waals surface area contributed by atoms with Crippen LogP contribution in [0.4, 0.5) is 4.39 Å². The number of rotatable bonds is 5. The predicted octanol–water partition coefficient (Wildman–Crippen LogP) is 2.91. The summed E-state index contributed by atoms with van der Waals surface area (Å²) < 4.78 is 23.5. The fourth-order valence-electron chi connectivity index (χ4n) is 2.70. The van der Waals surface area contributed by atoms with Crippen LogP contribution >= 0.6 is 0 Å². The van der Waals surface area contributed by atoms with Gasteiger partial charge in [-0.1, -0.05) is 12.1 Å². The van der Waals surface area contributed by atoms with Gasteiger partial charge in [-0.25, -0.2) is 9.29 Å². The molecular weight excluding hydrogens is 341 g/mol. The van der Waals surface area contributed by atoms with Crippen molar-refractivity contribution in [1.82, 2.24) is 4.90 Å². The average molecular weight is 357 g/mol. The molecule has 2 amide bonds. The molecule has 1 heterocycles.